The normalized spacial score (nSPS) is 10.1. The summed E-state index contributed by atoms with van der Waals surface area (Å²) in [6.07, 6.45) is 0. The Labute approximate surface area is 125 Å². The van der Waals surface area contributed by atoms with E-state index in [0.717, 1.165) is 23.5 Å². The topological polar surface area (TPSA) is 38.5 Å². The Hall–Kier alpha value is -2.07. The zero-order valence-electron chi connectivity index (χ0n) is 11.7. The minimum atomic E-state index is 0.430. The monoisotopic (exact) mass is 286 g/mol. The predicted molar refractivity (Wildman–Crippen MR) is 87.4 cm³/mol. The van der Waals surface area contributed by atoms with Crippen LogP contribution in [0.15, 0.2) is 48.5 Å². The van der Waals surface area contributed by atoms with Crippen molar-refractivity contribution in [3.8, 4) is 5.75 Å². The number of methoxy groups -OCH3 is 1. The molecule has 0 fully saturated rings. The summed E-state index contributed by atoms with van der Waals surface area (Å²) >= 11 is 5.01. The van der Waals surface area contributed by atoms with Crippen LogP contribution in [-0.2, 0) is 6.54 Å². The number of thiocarbonyl (C=S) groups is 1. The number of anilines is 1. The summed E-state index contributed by atoms with van der Waals surface area (Å²) in [7, 11) is 3.72. The zero-order valence-corrected chi connectivity index (χ0v) is 12.5. The summed E-state index contributed by atoms with van der Waals surface area (Å²) in [4.78, 5) is 2.59. The first-order valence-corrected chi connectivity index (χ1v) is 6.75. The van der Waals surface area contributed by atoms with Crippen LogP contribution in [0.2, 0.25) is 0 Å². The fourth-order valence-corrected chi connectivity index (χ4v) is 2.15. The first-order chi connectivity index (χ1) is 9.60. The maximum Gasteiger partial charge on any atom is 0.119 e. The van der Waals surface area contributed by atoms with Gasteiger partial charge in [-0.15, -0.1) is 0 Å². The van der Waals surface area contributed by atoms with Gasteiger partial charge in [-0.2, -0.15) is 0 Å². The minimum absolute atomic E-state index is 0.430. The molecule has 2 N–H and O–H groups in total. The number of rotatable bonds is 5. The van der Waals surface area contributed by atoms with Crippen LogP contribution in [-0.4, -0.2) is 19.1 Å². The van der Waals surface area contributed by atoms with E-state index in [2.05, 4.69) is 18.0 Å². The molecule has 0 spiro atoms. The van der Waals surface area contributed by atoms with E-state index in [9.17, 15) is 0 Å². The standard InChI is InChI=1S/C16H18N2OS/c1-18(14-6-8-15(19-2)9-7-14)11-12-4-3-5-13(10-12)16(17)20/h3-10H,11H2,1-2H3,(H2,17,20). The third-order valence-electron chi connectivity index (χ3n) is 3.14. The Morgan fingerprint density at radius 3 is 2.50 bits per heavy atom. The maximum absolute atomic E-state index is 5.66. The number of hydrogen-bond donors (Lipinski definition) is 1. The first kappa shape index (κ1) is 14.3. The molecule has 0 amide bonds. The summed E-state index contributed by atoms with van der Waals surface area (Å²) < 4.78 is 5.16. The highest BCUT2D eigenvalue weighted by Gasteiger charge is 2.04. The van der Waals surface area contributed by atoms with Crippen molar-refractivity contribution >= 4 is 22.9 Å². The summed E-state index contributed by atoms with van der Waals surface area (Å²) in [6.45, 7) is 0.794. The Morgan fingerprint density at radius 1 is 1.20 bits per heavy atom. The van der Waals surface area contributed by atoms with Crippen molar-refractivity contribution in [3.05, 3.63) is 59.7 Å². The van der Waals surface area contributed by atoms with Crippen molar-refractivity contribution in [1.82, 2.24) is 0 Å². The van der Waals surface area contributed by atoms with Gasteiger partial charge in [-0.05, 0) is 35.9 Å². The van der Waals surface area contributed by atoms with E-state index in [4.69, 9.17) is 22.7 Å². The minimum Gasteiger partial charge on any atom is -0.497 e. The molecule has 0 heterocycles. The van der Waals surface area contributed by atoms with Crippen molar-refractivity contribution in [2.45, 2.75) is 6.54 Å². The molecule has 0 unspecified atom stereocenters. The number of nitrogens with zero attached hydrogens (tertiary/aromatic N) is 1. The second-order valence-electron chi connectivity index (χ2n) is 4.62. The Balaban J connectivity index is 2.12. The van der Waals surface area contributed by atoms with Crippen LogP contribution < -0.4 is 15.4 Å². The van der Waals surface area contributed by atoms with E-state index in [-0.39, 0.29) is 0 Å². The molecule has 3 nitrogen and oxygen atoms in total. The Morgan fingerprint density at radius 2 is 1.90 bits per heavy atom. The second kappa shape index (κ2) is 6.39. The van der Waals surface area contributed by atoms with Crippen LogP contribution in [0.1, 0.15) is 11.1 Å². The predicted octanol–water partition coefficient (Wildman–Crippen LogP) is 2.97. The molecule has 4 heteroatoms. The van der Waals surface area contributed by atoms with Gasteiger partial charge in [0.25, 0.3) is 0 Å². The molecular formula is C16H18N2OS. The van der Waals surface area contributed by atoms with E-state index < -0.39 is 0 Å². The Bertz CT molecular complexity index is 596. The average Bonchev–Trinajstić information content (AvgIpc) is 2.47. The lowest BCUT2D eigenvalue weighted by atomic mass is 10.1. The Kier molecular flexibility index (Phi) is 4.58. The first-order valence-electron chi connectivity index (χ1n) is 6.34. The van der Waals surface area contributed by atoms with Crippen molar-refractivity contribution in [3.63, 3.8) is 0 Å². The lowest BCUT2D eigenvalue weighted by Gasteiger charge is -2.20. The molecule has 0 radical (unpaired) electrons. The largest absolute Gasteiger partial charge is 0.497 e. The maximum atomic E-state index is 5.66. The fraction of sp³-hybridized carbons (Fsp3) is 0.188. The van der Waals surface area contributed by atoms with Crippen molar-refractivity contribution in [2.24, 2.45) is 5.73 Å². The van der Waals surface area contributed by atoms with Crippen LogP contribution in [0.25, 0.3) is 0 Å². The molecule has 0 aromatic heterocycles. The van der Waals surface area contributed by atoms with Gasteiger partial charge in [0.1, 0.15) is 10.7 Å². The number of benzene rings is 2. The average molecular weight is 286 g/mol. The molecule has 0 aliphatic carbocycles. The molecule has 0 bridgehead atoms. The number of hydrogen-bond acceptors (Lipinski definition) is 3. The smallest absolute Gasteiger partial charge is 0.119 e. The van der Waals surface area contributed by atoms with Gasteiger partial charge in [0.2, 0.25) is 0 Å². The fourth-order valence-electron chi connectivity index (χ4n) is 2.02. The summed E-state index contributed by atoms with van der Waals surface area (Å²) in [5.41, 5.74) is 8.87. The van der Waals surface area contributed by atoms with Gasteiger partial charge in [-0.1, -0.05) is 30.4 Å². The molecular weight excluding hydrogens is 268 g/mol. The van der Waals surface area contributed by atoms with Crippen LogP contribution in [0.4, 0.5) is 5.69 Å². The number of nitrogens with two attached hydrogens (primary N) is 1. The van der Waals surface area contributed by atoms with Gasteiger partial charge in [0, 0.05) is 24.8 Å². The highest BCUT2D eigenvalue weighted by Crippen LogP contribution is 2.20. The molecule has 20 heavy (non-hydrogen) atoms. The van der Waals surface area contributed by atoms with Gasteiger partial charge in [-0.3, -0.25) is 0 Å². The molecule has 104 valence electrons. The van der Waals surface area contributed by atoms with Crippen molar-refractivity contribution < 1.29 is 4.74 Å². The quantitative estimate of drug-likeness (QED) is 0.858. The van der Waals surface area contributed by atoms with Crippen LogP contribution in [0, 0.1) is 0 Å². The molecule has 2 aromatic carbocycles. The van der Waals surface area contributed by atoms with Gasteiger partial charge in [0.05, 0.1) is 7.11 Å². The van der Waals surface area contributed by atoms with Gasteiger partial charge in [0.15, 0.2) is 0 Å². The third-order valence-corrected chi connectivity index (χ3v) is 3.38. The number of ether oxygens (including phenoxy) is 1. The lowest BCUT2D eigenvalue weighted by molar-refractivity contribution is 0.415. The lowest BCUT2D eigenvalue weighted by Crippen LogP contribution is -2.17. The molecule has 2 aromatic rings. The molecule has 0 atom stereocenters. The molecule has 0 aliphatic rings. The van der Waals surface area contributed by atoms with Crippen molar-refractivity contribution in [1.29, 1.82) is 0 Å². The SMILES string of the molecule is COc1ccc(N(C)Cc2cccc(C(N)=S)c2)cc1. The summed E-state index contributed by atoms with van der Waals surface area (Å²) in [5, 5.41) is 0. The van der Waals surface area contributed by atoms with Gasteiger partial charge < -0.3 is 15.4 Å². The van der Waals surface area contributed by atoms with Crippen LogP contribution >= 0.6 is 12.2 Å². The summed E-state index contributed by atoms with van der Waals surface area (Å²) in [5.74, 6) is 0.859. The van der Waals surface area contributed by atoms with E-state index >= 15 is 0 Å². The molecule has 2 rings (SSSR count). The van der Waals surface area contributed by atoms with Crippen molar-refractivity contribution in [2.75, 3.05) is 19.1 Å². The second-order valence-corrected chi connectivity index (χ2v) is 5.06. The molecule has 0 saturated carbocycles. The van der Waals surface area contributed by atoms with E-state index in [1.807, 2.05) is 42.5 Å². The summed E-state index contributed by atoms with van der Waals surface area (Å²) in [6, 6.07) is 16.0. The zero-order chi connectivity index (χ0) is 14.5. The van der Waals surface area contributed by atoms with E-state index in [1.165, 1.54) is 5.56 Å². The van der Waals surface area contributed by atoms with Gasteiger partial charge >= 0.3 is 0 Å². The van der Waals surface area contributed by atoms with Crippen LogP contribution in [0.3, 0.4) is 0 Å². The highest BCUT2D eigenvalue weighted by molar-refractivity contribution is 7.80. The van der Waals surface area contributed by atoms with Gasteiger partial charge in [-0.25, -0.2) is 0 Å². The van der Waals surface area contributed by atoms with Crippen LogP contribution in [0.5, 0.6) is 5.75 Å². The third kappa shape index (κ3) is 3.48. The molecule has 0 saturated heterocycles. The van der Waals surface area contributed by atoms with E-state index in [1.54, 1.807) is 7.11 Å². The molecule has 0 aliphatic heterocycles. The highest BCUT2D eigenvalue weighted by atomic mass is 32.1. The van der Waals surface area contributed by atoms with E-state index in [0.29, 0.717) is 4.99 Å².